The van der Waals surface area contributed by atoms with Gasteiger partial charge in [-0.3, -0.25) is 4.90 Å². The summed E-state index contributed by atoms with van der Waals surface area (Å²) in [6.07, 6.45) is 2.22. The fraction of sp³-hybridized carbons (Fsp3) is 0.462. The first kappa shape index (κ1) is 11.7. The molecule has 1 aromatic rings. The minimum absolute atomic E-state index is 0.808. The molecule has 3 heteroatoms. The summed E-state index contributed by atoms with van der Waals surface area (Å²) in [5.74, 6) is 0. The van der Waals surface area contributed by atoms with Gasteiger partial charge in [0.15, 0.2) is 0 Å². The van der Waals surface area contributed by atoms with Gasteiger partial charge in [-0.25, -0.2) is 0 Å². The Morgan fingerprint density at radius 3 is 2.31 bits per heavy atom. The van der Waals surface area contributed by atoms with Crippen LogP contribution in [0.5, 0.6) is 0 Å². The summed E-state index contributed by atoms with van der Waals surface area (Å²) >= 11 is 5.88. The molecule has 0 N–H and O–H groups in total. The molecule has 1 heterocycles. The molecule has 0 amide bonds. The van der Waals surface area contributed by atoms with E-state index in [0.717, 1.165) is 37.7 Å². The van der Waals surface area contributed by atoms with Crippen LogP contribution < -0.4 is 4.90 Å². The number of piperazine rings is 1. The van der Waals surface area contributed by atoms with E-state index in [1.807, 2.05) is 12.1 Å². The SMILES string of the molecule is C[CH]CN1CCN(c2ccc(Cl)cc2)CC1. The molecule has 0 bridgehead atoms. The lowest BCUT2D eigenvalue weighted by Gasteiger charge is -2.35. The summed E-state index contributed by atoms with van der Waals surface area (Å²) in [6.45, 7) is 7.73. The molecule has 0 aromatic heterocycles. The van der Waals surface area contributed by atoms with Crippen LogP contribution in [0.2, 0.25) is 5.02 Å². The van der Waals surface area contributed by atoms with E-state index in [4.69, 9.17) is 11.6 Å². The van der Waals surface area contributed by atoms with Gasteiger partial charge in [-0.15, -0.1) is 0 Å². The van der Waals surface area contributed by atoms with Gasteiger partial charge in [-0.05, 0) is 30.7 Å². The maximum absolute atomic E-state index is 5.88. The van der Waals surface area contributed by atoms with E-state index in [9.17, 15) is 0 Å². The summed E-state index contributed by atoms with van der Waals surface area (Å²) in [6, 6.07) is 8.13. The van der Waals surface area contributed by atoms with Crippen LogP contribution in [0.15, 0.2) is 24.3 Å². The van der Waals surface area contributed by atoms with Crippen LogP contribution in [-0.4, -0.2) is 37.6 Å². The third-order valence-electron chi connectivity index (χ3n) is 3.00. The van der Waals surface area contributed by atoms with Crippen LogP contribution >= 0.6 is 11.6 Å². The molecule has 1 fully saturated rings. The Bertz CT molecular complexity index is 315. The number of halogens is 1. The third kappa shape index (κ3) is 2.89. The first-order valence-electron chi connectivity index (χ1n) is 5.80. The largest absolute Gasteiger partial charge is 0.369 e. The number of anilines is 1. The second kappa shape index (κ2) is 5.55. The molecule has 0 spiro atoms. The average Bonchev–Trinajstić information content (AvgIpc) is 2.32. The zero-order valence-electron chi connectivity index (χ0n) is 9.69. The van der Waals surface area contributed by atoms with Crippen molar-refractivity contribution in [3.05, 3.63) is 35.7 Å². The molecule has 0 atom stereocenters. The van der Waals surface area contributed by atoms with Crippen LogP contribution in [0.4, 0.5) is 5.69 Å². The highest BCUT2D eigenvalue weighted by Crippen LogP contribution is 2.19. The molecule has 1 aromatic carbocycles. The van der Waals surface area contributed by atoms with Gasteiger partial charge in [-0.2, -0.15) is 0 Å². The van der Waals surface area contributed by atoms with Crippen molar-refractivity contribution < 1.29 is 0 Å². The van der Waals surface area contributed by atoms with Crippen molar-refractivity contribution in [1.82, 2.24) is 4.90 Å². The molecule has 2 rings (SSSR count). The molecule has 0 aliphatic carbocycles. The highest BCUT2D eigenvalue weighted by atomic mass is 35.5. The van der Waals surface area contributed by atoms with Gasteiger partial charge in [0, 0.05) is 43.4 Å². The summed E-state index contributed by atoms with van der Waals surface area (Å²) < 4.78 is 0. The van der Waals surface area contributed by atoms with E-state index in [1.165, 1.54) is 5.69 Å². The van der Waals surface area contributed by atoms with E-state index in [2.05, 4.69) is 35.3 Å². The Morgan fingerprint density at radius 2 is 1.75 bits per heavy atom. The van der Waals surface area contributed by atoms with E-state index >= 15 is 0 Å². The molecule has 0 unspecified atom stereocenters. The normalized spacial score (nSPS) is 17.8. The number of hydrogen-bond acceptors (Lipinski definition) is 2. The molecule has 87 valence electrons. The Labute approximate surface area is 103 Å². The van der Waals surface area contributed by atoms with Crippen LogP contribution in [-0.2, 0) is 0 Å². The highest BCUT2D eigenvalue weighted by molar-refractivity contribution is 6.30. The van der Waals surface area contributed by atoms with Gasteiger partial charge in [0.2, 0.25) is 0 Å². The fourth-order valence-electron chi connectivity index (χ4n) is 2.10. The summed E-state index contributed by atoms with van der Waals surface area (Å²) in [5, 5.41) is 0.808. The van der Waals surface area contributed by atoms with Gasteiger partial charge in [0.25, 0.3) is 0 Å². The molecule has 2 nitrogen and oxygen atoms in total. The lowest BCUT2D eigenvalue weighted by atomic mass is 10.2. The maximum Gasteiger partial charge on any atom is 0.0407 e. The lowest BCUT2D eigenvalue weighted by molar-refractivity contribution is 0.277. The Hall–Kier alpha value is -0.730. The van der Waals surface area contributed by atoms with E-state index in [-0.39, 0.29) is 0 Å². The van der Waals surface area contributed by atoms with Gasteiger partial charge >= 0.3 is 0 Å². The van der Waals surface area contributed by atoms with Gasteiger partial charge in [-0.1, -0.05) is 18.5 Å². The van der Waals surface area contributed by atoms with Crippen LogP contribution in [0, 0.1) is 6.42 Å². The smallest absolute Gasteiger partial charge is 0.0407 e. The first-order chi connectivity index (χ1) is 7.79. The molecule has 1 saturated heterocycles. The zero-order chi connectivity index (χ0) is 11.4. The molecular formula is C13H18ClN2. The highest BCUT2D eigenvalue weighted by Gasteiger charge is 2.15. The van der Waals surface area contributed by atoms with Crippen LogP contribution in [0.25, 0.3) is 0 Å². The molecular weight excluding hydrogens is 220 g/mol. The van der Waals surface area contributed by atoms with Crippen molar-refractivity contribution in [3.63, 3.8) is 0 Å². The molecule has 1 aliphatic rings. The minimum atomic E-state index is 0.808. The third-order valence-corrected chi connectivity index (χ3v) is 3.26. The monoisotopic (exact) mass is 237 g/mol. The summed E-state index contributed by atoms with van der Waals surface area (Å²) in [4.78, 5) is 4.90. The summed E-state index contributed by atoms with van der Waals surface area (Å²) in [5.41, 5.74) is 1.28. The quantitative estimate of drug-likeness (QED) is 0.798. The Morgan fingerprint density at radius 1 is 1.12 bits per heavy atom. The number of rotatable bonds is 3. The average molecular weight is 238 g/mol. The number of benzene rings is 1. The topological polar surface area (TPSA) is 6.48 Å². The van der Waals surface area contributed by atoms with Crippen molar-refractivity contribution >= 4 is 17.3 Å². The van der Waals surface area contributed by atoms with Crippen molar-refractivity contribution in [2.24, 2.45) is 0 Å². The lowest BCUT2D eigenvalue weighted by Crippen LogP contribution is -2.46. The van der Waals surface area contributed by atoms with Crippen LogP contribution in [0.3, 0.4) is 0 Å². The van der Waals surface area contributed by atoms with Gasteiger partial charge in [0.1, 0.15) is 0 Å². The first-order valence-corrected chi connectivity index (χ1v) is 6.18. The minimum Gasteiger partial charge on any atom is -0.369 e. The molecule has 1 radical (unpaired) electrons. The second-order valence-corrected chi connectivity index (χ2v) is 4.61. The molecule has 1 aliphatic heterocycles. The second-order valence-electron chi connectivity index (χ2n) is 4.17. The van der Waals surface area contributed by atoms with Crippen molar-refractivity contribution in [1.29, 1.82) is 0 Å². The summed E-state index contributed by atoms with van der Waals surface area (Å²) in [7, 11) is 0. The maximum atomic E-state index is 5.88. The predicted molar refractivity (Wildman–Crippen MR) is 70.1 cm³/mol. The zero-order valence-corrected chi connectivity index (χ0v) is 10.5. The van der Waals surface area contributed by atoms with Crippen molar-refractivity contribution in [3.8, 4) is 0 Å². The van der Waals surface area contributed by atoms with E-state index in [1.54, 1.807) is 0 Å². The van der Waals surface area contributed by atoms with E-state index < -0.39 is 0 Å². The van der Waals surface area contributed by atoms with Crippen molar-refractivity contribution in [2.75, 3.05) is 37.6 Å². The molecule has 0 saturated carbocycles. The Kier molecular flexibility index (Phi) is 4.08. The predicted octanol–water partition coefficient (Wildman–Crippen LogP) is 2.69. The fourth-order valence-corrected chi connectivity index (χ4v) is 2.22. The van der Waals surface area contributed by atoms with Crippen molar-refractivity contribution in [2.45, 2.75) is 6.92 Å². The molecule has 16 heavy (non-hydrogen) atoms. The Balaban J connectivity index is 1.91. The van der Waals surface area contributed by atoms with Gasteiger partial charge in [0.05, 0.1) is 0 Å². The number of nitrogens with zero attached hydrogens (tertiary/aromatic N) is 2. The van der Waals surface area contributed by atoms with Gasteiger partial charge < -0.3 is 4.90 Å². The standard InChI is InChI=1S/C13H18ClN2/c1-2-7-15-8-10-16(11-9-15)13-5-3-12(14)4-6-13/h2-6H,7-11H2,1H3. The number of hydrogen-bond donors (Lipinski definition) is 0. The van der Waals surface area contributed by atoms with E-state index in [0.29, 0.717) is 0 Å². The van der Waals surface area contributed by atoms with Crippen LogP contribution in [0.1, 0.15) is 6.92 Å².